The van der Waals surface area contributed by atoms with Gasteiger partial charge in [0.1, 0.15) is 6.17 Å². The molecule has 1 nitrogen and oxygen atoms in total. The van der Waals surface area contributed by atoms with E-state index in [0.29, 0.717) is 12.6 Å². The second-order valence-corrected chi connectivity index (χ2v) is 3.37. The highest BCUT2D eigenvalue weighted by atomic mass is 19.1. The summed E-state index contributed by atoms with van der Waals surface area (Å²) in [6.45, 7) is 5.48. The lowest BCUT2D eigenvalue weighted by Crippen LogP contribution is -2.22. The van der Waals surface area contributed by atoms with Gasteiger partial charge in [0, 0.05) is 19.1 Å². The van der Waals surface area contributed by atoms with Gasteiger partial charge in [0.25, 0.3) is 0 Å². The average Bonchev–Trinajstić information content (AvgIpc) is 2.21. The Balaban J connectivity index is 2.06. The maximum atomic E-state index is 12.7. The Morgan fingerprint density at radius 3 is 3.10 bits per heavy atom. The third-order valence-electron chi connectivity index (χ3n) is 2.43. The van der Waals surface area contributed by atoms with Crippen molar-refractivity contribution in [2.45, 2.75) is 25.1 Å². The van der Waals surface area contributed by atoms with Crippen LogP contribution in [0.2, 0.25) is 0 Å². The maximum Gasteiger partial charge on any atom is 0.114 e. The number of nitrogens with zero attached hydrogens (tertiary/aromatic N) is 1. The van der Waals surface area contributed by atoms with Crippen LogP contribution >= 0.6 is 0 Å². The van der Waals surface area contributed by atoms with E-state index in [1.807, 2.05) is 0 Å². The van der Waals surface area contributed by atoms with Crippen molar-refractivity contribution in [3.05, 3.63) is 12.2 Å². The second-order valence-electron chi connectivity index (χ2n) is 3.37. The van der Waals surface area contributed by atoms with Gasteiger partial charge in [-0.05, 0) is 12.8 Å². The van der Waals surface area contributed by atoms with E-state index in [0.717, 1.165) is 19.4 Å². The first-order chi connectivity index (χ1) is 4.75. The predicted octanol–water partition coefficient (Wildman–Crippen LogP) is 1.36. The number of halogens is 1. The molecule has 56 valence electrons. The van der Waals surface area contributed by atoms with Gasteiger partial charge in [0.05, 0.1) is 0 Å². The van der Waals surface area contributed by atoms with Gasteiger partial charge in [-0.2, -0.15) is 0 Å². The molecule has 2 heteroatoms. The minimum atomic E-state index is -0.571. The van der Waals surface area contributed by atoms with Crippen molar-refractivity contribution in [1.29, 1.82) is 0 Å². The third-order valence-corrected chi connectivity index (χ3v) is 2.43. The standard InChI is InChI=1S/C8H12FN/c1-6-2-8-3-7(9)5-10(8)4-6/h7-8H,1-5H2/t7-,8+/m1/s1. The largest absolute Gasteiger partial charge is 0.293 e. The van der Waals surface area contributed by atoms with E-state index in [1.165, 1.54) is 5.57 Å². The van der Waals surface area contributed by atoms with Gasteiger partial charge in [-0.25, -0.2) is 4.39 Å². The van der Waals surface area contributed by atoms with Crippen molar-refractivity contribution in [1.82, 2.24) is 4.90 Å². The minimum Gasteiger partial charge on any atom is -0.293 e. The summed E-state index contributed by atoms with van der Waals surface area (Å²) in [6.07, 6.45) is 1.19. The van der Waals surface area contributed by atoms with Crippen LogP contribution < -0.4 is 0 Å². The molecule has 0 amide bonds. The molecule has 2 fully saturated rings. The number of fused-ring (bicyclic) bond motifs is 1. The molecule has 2 rings (SSSR count). The lowest BCUT2D eigenvalue weighted by molar-refractivity contribution is 0.297. The SMILES string of the molecule is C=C1C[C@H]2C[C@@H](F)CN2C1. The van der Waals surface area contributed by atoms with Gasteiger partial charge in [-0.3, -0.25) is 4.90 Å². The van der Waals surface area contributed by atoms with Crippen molar-refractivity contribution in [3.8, 4) is 0 Å². The summed E-state index contributed by atoms with van der Waals surface area (Å²) in [6, 6.07) is 0.488. The first kappa shape index (κ1) is 6.35. The van der Waals surface area contributed by atoms with E-state index in [4.69, 9.17) is 0 Å². The Morgan fingerprint density at radius 1 is 1.60 bits per heavy atom. The van der Waals surface area contributed by atoms with Crippen LogP contribution in [-0.4, -0.2) is 30.2 Å². The number of hydrogen-bond acceptors (Lipinski definition) is 1. The highest BCUT2D eigenvalue weighted by Crippen LogP contribution is 2.31. The minimum absolute atomic E-state index is 0.488. The van der Waals surface area contributed by atoms with Gasteiger partial charge < -0.3 is 0 Å². The van der Waals surface area contributed by atoms with Gasteiger partial charge in [0.2, 0.25) is 0 Å². The van der Waals surface area contributed by atoms with Crippen LogP contribution in [0.5, 0.6) is 0 Å². The molecule has 0 N–H and O–H groups in total. The molecule has 0 aromatic carbocycles. The highest BCUT2D eigenvalue weighted by Gasteiger charge is 2.36. The quantitative estimate of drug-likeness (QED) is 0.460. The van der Waals surface area contributed by atoms with E-state index in [2.05, 4.69) is 11.5 Å². The van der Waals surface area contributed by atoms with Crippen LogP contribution in [0.15, 0.2) is 12.2 Å². The zero-order valence-corrected chi connectivity index (χ0v) is 6.02. The molecule has 2 saturated heterocycles. The third kappa shape index (κ3) is 0.870. The van der Waals surface area contributed by atoms with E-state index in [1.54, 1.807) is 0 Å². The fraction of sp³-hybridized carbons (Fsp3) is 0.750. The summed E-state index contributed by atoms with van der Waals surface area (Å²) in [7, 11) is 0. The molecule has 0 unspecified atom stereocenters. The summed E-state index contributed by atoms with van der Waals surface area (Å²) >= 11 is 0. The predicted molar refractivity (Wildman–Crippen MR) is 38.6 cm³/mol. The molecule has 2 heterocycles. The van der Waals surface area contributed by atoms with Crippen LogP contribution in [0, 0.1) is 0 Å². The normalized spacial score (nSPS) is 40.7. The van der Waals surface area contributed by atoms with E-state index in [-0.39, 0.29) is 0 Å². The van der Waals surface area contributed by atoms with E-state index >= 15 is 0 Å². The number of rotatable bonds is 0. The lowest BCUT2D eigenvalue weighted by Gasteiger charge is -2.11. The Bertz CT molecular complexity index is 151. The fourth-order valence-electron chi connectivity index (χ4n) is 2.01. The summed E-state index contributed by atoms with van der Waals surface area (Å²) in [5, 5.41) is 0. The molecule has 2 atom stereocenters. The lowest BCUT2D eigenvalue weighted by atomic mass is 10.1. The van der Waals surface area contributed by atoms with Crippen molar-refractivity contribution in [3.63, 3.8) is 0 Å². The molecular formula is C8H12FN. The molecule has 10 heavy (non-hydrogen) atoms. The van der Waals surface area contributed by atoms with Gasteiger partial charge in [0.15, 0.2) is 0 Å². The zero-order valence-electron chi connectivity index (χ0n) is 6.02. The van der Waals surface area contributed by atoms with Crippen molar-refractivity contribution in [2.24, 2.45) is 0 Å². The second kappa shape index (κ2) is 2.06. The Morgan fingerprint density at radius 2 is 2.40 bits per heavy atom. The van der Waals surface area contributed by atoms with Crippen LogP contribution in [0.1, 0.15) is 12.8 Å². The van der Waals surface area contributed by atoms with Crippen LogP contribution in [0.3, 0.4) is 0 Å². The summed E-state index contributed by atoms with van der Waals surface area (Å²) in [4.78, 5) is 2.20. The number of hydrogen-bond donors (Lipinski definition) is 0. The molecule has 2 aliphatic heterocycles. The molecule has 0 bridgehead atoms. The Hall–Kier alpha value is -0.370. The Labute approximate surface area is 60.5 Å². The molecule has 0 aromatic heterocycles. The Kier molecular flexibility index (Phi) is 1.31. The number of alkyl halides is 1. The van der Waals surface area contributed by atoms with Gasteiger partial charge in [-0.15, -0.1) is 0 Å². The molecule has 0 saturated carbocycles. The summed E-state index contributed by atoms with van der Waals surface area (Å²) in [5.74, 6) is 0. The fourth-order valence-corrected chi connectivity index (χ4v) is 2.01. The molecule has 0 aliphatic carbocycles. The smallest absolute Gasteiger partial charge is 0.114 e. The summed E-state index contributed by atoms with van der Waals surface area (Å²) in [5.41, 5.74) is 1.27. The average molecular weight is 141 g/mol. The van der Waals surface area contributed by atoms with Crippen LogP contribution in [0.25, 0.3) is 0 Å². The van der Waals surface area contributed by atoms with Crippen molar-refractivity contribution < 1.29 is 4.39 Å². The maximum absolute atomic E-state index is 12.7. The van der Waals surface area contributed by atoms with E-state index in [9.17, 15) is 4.39 Å². The molecular weight excluding hydrogens is 129 g/mol. The van der Waals surface area contributed by atoms with Crippen LogP contribution in [0.4, 0.5) is 4.39 Å². The summed E-state index contributed by atoms with van der Waals surface area (Å²) < 4.78 is 12.7. The topological polar surface area (TPSA) is 3.24 Å². The van der Waals surface area contributed by atoms with Gasteiger partial charge >= 0.3 is 0 Å². The van der Waals surface area contributed by atoms with Crippen LogP contribution in [-0.2, 0) is 0 Å². The molecule has 0 aromatic rings. The molecule has 0 spiro atoms. The van der Waals surface area contributed by atoms with Crippen molar-refractivity contribution in [2.75, 3.05) is 13.1 Å². The highest BCUT2D eigenvalue weighted by molar-refractivity contribution is 5.11. The van der Waals surface area contributed by atoms with E-state index < -0.39 is 6.17 Å². The monoisotopic (exact) mass is 141 g/mol. The zero-order chi connectivity index (χ0) is 7.14. The van der Waals surface area contributed by atoms with Crippen molar-refractivity contribution >= 4 is 0 Å². The van der Waals surface area contributed by atoms with Gasteiger partial charge in [-0.1, -0.05) is 12.2 Å². The molecule has 0 radical (unpaired) electrons. The first-order valence-corrected chi connectivity index (χ1v) is 3.80. The molecule has 2 aliphatic rings. The first-order valence-electron chi connectivity index (χ1n) is 3.80.